The van der Waals surface area contributed by atoms with E-state index in [1.165, 1.54) is 0 Å². The van der Waals surface area contributed by atoms with E-state index in [4.69, 9.17) is 4.74 Å². The summed E-state index contributed by atoms with van der Waals surface area (Å²) in [5.74, 6) is 0.922. The normalized spacial score (nSPS) is 12.8. The maximum atomic E-state index is 4.99. The molecule has 0 aliphatic heterocycles. The Labute approximate surface area is 78.9 Å². The SMILES string of the molecule is COCCC(C)Nc1ccn(C)n1. The number of aromatic nitrogens is 2. The highest BCUT2D eigenvalue weighted by Gasteiger charge is 2.02. The lowest BCUT2D eigenvalue weighted by atomic mass is 10.2. The molecule has 1 N–H and O–H groups in total. The second-order valence-corrected chi connectivity index (χ2v) is 3.20. The summed E-state index contributed by atoms with van der Waals surface area (Å²) < 4.78 is 6.77. The van der Waals surface area contributed by atoms with Crippen LogP contribution < -0.4 is 5.32 Å². The van der Waals surface area contributed by atoms with Gasteiger partial charge in [0.15, 0.2) is 0 Å². The lowest BCUT2D eigenvalue weighted by molar-refractivity contribution is 0.191. The van der Waals surface area contributed by atoms with E-state index in [2.05, 4.69) is 17.3 Å². The van der Waals surface area contributed by atoms with Crippen molar-refractivity contribution in [2.24, 2.45) is 7.05 Å². The molecule has 1 heterocycles. The van der Waals surface area contributed by atoms with Gasteiger partial charge in [-0.15, -0.1) is 0 Å². The first kappa shape index (κ1) is 10.1. The lowest BCUT2D eigenvalue weighted by Crippen LogP contribution is -2.17. The molecule has 13 heavy (non-hydrogen) atoms. The number of ether oxygens (including phenoxy) is 1. The van der Waals surface area contributed by atoms with E-state index in [1.807, 2.05) is 19.3 Å². The molecule has 0 saturated carbocycles. The molecule has 1 aromatic heterocycles. The van der Waals surface area contributed by atoms with Crippen LogP contribution in [0.5, 0.6) is 0 Å². The Morgan fingerprint density at radius 2 is 2.46 bits per heavy atom. The predicted octanol–water partition coefficient (Wildman–Crippen LogP) is 1.26. The predicted molar refractivity (Wildman–Crippen MR) is 52.8 cm³/mol. The van der Waals surface area contributed by atoms with Gasteiger partial charge < -0.3 is 10.1 Å². The number of anilines is 1. The highest BCUT2D eigenvalue weighted by atomic mass is 16.5. The van der Waals surface area contributed by atoms with Gasteiger partial charge in [-0.2, -0.15) is 5.10 Å². The topological polar surface area (TPSA) is 39.1 Å². The number of hydrogen-bond acceptors (Lipinski definition) is 3. The second-order valence-electron chi connectivity index (χ2n) is 3.20. The van der Waals surface area contributed by atoms with Gasteiger partial charge in [0.25, 0.3) is 0 Å². The average Bonchev–Trinajstić information content (AvgIpc) is 2.48. The standard InChI is InChI=1S/C9H17N3O/c1-8(5-7-13-3)10-9-4-6-12(2)11-9/h4,6,8H,5,7H2,1-3H3,(H,10,11). The Balaban J connectivity index is 2.31. The van der Waals surface area contributed by atoms with Crippen molar-refractivity contribution < 1.29 is 4.74 Å². The maximum Gasteiger partial charge on any atom is 0.148 e. The Morgan fingerprint density at radius 3 is 3.00 bits per heavy atom. The Morgan fingerprint density at radius 1 is 1.69 bits per heavy atom. The van der Waals surface area contributed by atoms with E-state index in [-0.39, 0.29) is 0 Å². The summed E-state index contributed by atoms with van der Waals surface area (Å²) in [4.78, 5) is 0. The van der Waals surface area contributed by atoms with Crippen LogP contribution in [0.4, 0.5) is 5.82 Å². The Bertz CT molecular complexity index is 247. The van der Waals surface area contributed by atoms with E-state index in [0.717, 1.165) is 18.8 Å². The molecule has 1 aromatic rings. The molecule has 1 unspecified atom stereocenters. The molecule has 74 valence electrons. The Hall–Kier alpha value is -1.03. The second kappa shape index (κ2) is 4.87. The smallest absolute Gasteiger partial charge is 0.148 e. The molecule has 1 rings (SSSR count). The van der Waals surface area contributed by atoms with Gasteiger partial charge in [0.1, 0.15) is 5.82 Å². The number of nitrogens with one attached hydrogen (secondary N) is 1. The van der Waals surface area contributed by atoms with Crippen molar-refractivity contribution in [2.45, 2.75) is 19.4 Å². The maximum absolute atomic E-state index is 4.99. The summed E-state index contributed by atoms with van der Waals surface area (Å²) in [5.41, 5.74) is 0. The van der Waals surface area contributed by atoms with E-state index < -0.39 is 0 Å². The van der Waals surface area contributed by atoms with Crippen molar-refractivity contribution in [1.29, 1.82) is 0 Å². The molecule has 0 aromatic carbocycles. The first-order chi connectivity index (χ1) is 6.22. The zero-order valence-electron chi connectivity index (χ0n) is 8.45. The third-order valence-corrected chi connectivity index (χ3v) is 1.86. The zero-order chi connectivity index (χ0) is 9.68. The van der Waals surface area contributed by atoms with Gasteiger partial charge in [-0.1, -0.05) is 0 Å². The molecule has 4 heteroatoms. The van der Waals surface area contributed by atoms with Crippen molar-refractivity contribution in [3.63, 3.8) is 0 Å². The van der Waals surface area contributed by atoms with Gasteiger partial charge in [-0.3, -0.25) is 4.68 Å². The van der Waals surface area contributed by atoms with Crippen molar-refractivity contribution in [2.75, 3.05) is 19.0 Å². The molecule has 0 fully saturated rings. The van der Waals surface area contributed by atoms with Gasteiger partial charge in [0, 0.05) is 39.1 Å². The average molecular weight is 183 g/mol. The summed E-state index contributed by atoms with van der Waals surface area (Å²) in [5, 5.41) is 7.51. The van der Waals surface area contributed by atoms with Gasteiger partial charge in [0.05, 0.1) is 0 Å². The molecule has 0 radical (unpaired) electrons. The summed E-state index contributed by atoms with van der Waals surface area (Å²) in [6.45, 7) is 2.90. The van der Waals surface area contributed by atoms with Crippen LogP contribution in [0.25, 0.3) is 0 Å². The first-order valence-corrected chi connectivity index (χ1v) is 4.47. The largest absolute Gasteiger partial charge is 0.385 e. The number of hydrogen-bond donors (Lipinski definition) is 1. The fourth-order valence-electron chi connectivity index (χ4n) is 1.11. The minimum absolute atomic E-state index is 0.398. The van der Waals surface area contributed by atoms with Crippen LogP contribution >= 0.6 is 0 Å². The minimum atomic E-state index is 0.398. The third kappa shape index (κ3) is 3.46. The number of nitrogens with zero attached hydrogens (tertiary/aromatic N) is 2. The number of aryl methyl sites for hydroxylation is 1. The summed E-state index contributed by atoms with van der Waals surface area (Å²) >= 11 is 0. The monoisotopic (exact) mass is 183 g/mol. The molecule has 0 amide bonds. The van der Waals surface area contributed by atoms with Crippen molar-refractivity contribution in [1.82, 2.24) is 9.78 Å². The van der Waals surface area contributed by atoms with Gasteiger partial charge in [0.2, 0.25) is 0 Å². The molecule has 0 spiro atoms. The molecule has 0 aliphatic rings. The third-order valence-electron chi connectivity index (χ3n) is 1.86. The van der Waals surface area contributed by atoms with E-state index >= 15 is 0 Å². The summed E-state index contributed by atoms with van der Waals surface area (Å²) in [6.07, 6.45) is 2.92. The van der Waals surface area contributed by atoms with E-state index in [1.54, 1.807) is 11.8 Å². The van der Waals surface area contributed by atoms with Gasteiger partial charge in [-0.05, 0) is 13.3 Å². The van der Waals surface area contributed by atoms with Crippen LogP contribution in [0.15, 0.2) is 12.3 Å². The Kier molecular flexibility index (Phi) is 3.76. The summed E-state index contributed by atoms with van der Waals surface area (Å²) in [7, 11) is 3.62. The van der Waals surface area contributed by atoms with Gasteiger partial charge in [-0.25, -0.2) is 0 Å². The fraction of sp³-hybridized carbons (Fsp3) is 0.667. The quantitative estimate of drug-likeness (QED) is 0.747. The molecular weight excluding hydrogens is 166 g/mol. The van der Waals surface area contributed by atoms with Gasteiger partial charge >= 0.3 is 0 Å². The molecule has 0 saturated heterocycles. The van der Waals surface area contributed by atoms with Crippen molar-refractivity contribution in [3.05, 3.63) is 12.3 Å². The van der Waals surface area contributed by atoms with Crippen LogP contribution in [-0.2, 0) is 11.8 Å². The summed E-state index contributed by atoms with van der Waals surface area (Å²) in [6, 6.07) is 2.36. The van der Waals surface area contributed by atoms with E-state index in [9.17, 15) is 0 Å². The highest BCUT2D eigenvalue weighted by molar-refractivity contribution is 5.33. The van der Waals surface area contributed by atoms with E-state index in [0.29, 0.717) is 6.04 Å². The lowest BCUT2D eigenvalue weighted by Gasteiger charge is -2.11. The minimum Gasteiger partial charge on any atom is -0.385 e. The van der Waals surface area contributed by atoms with Crippen LogP contribution in [0.2, 0.25) is 0 Å². The molecule has 0 aliphatic carbocycles. The highest BCUT2D eigenvalue weighted by Crippen LogP contribution is 2.05. The number of rotatable bonds is 5. The molecule has 1 atom stereocenters. The van der Waals surface area contributed by atoms with Crippen LogP contribution in [0.1, 0.15) is 13.3 Å². The molecule has 0 bridgehead atoms. The number of methoxy groups -OCH3 is 1. The van der Waals surface area contributed by atoms with Crippen molar-refractivity contribution in [3.8, 4) is 0 Å². The fourth-order valence-corrected chi connectivity index (χ4v) is 1.11. The van der Waals surface area contributed by atoms with Crippen LogP contribution in [-0.4, -0.2) is 29.5 Å². The molecule has 4 nitrogen and oxygen atoms in total. The van der Waals surface area contributed by atoms with Crippen LogP contribution in [0.3, 0.4) is 0 Å². The van der Waals surface area contributed by atoms with Crippen LogP contribution in [0, 0.1) is 0 Å². The molecular formula is C9H17N3O. The zero-order valence-corrected chi connectivity index (χ0v) is 8.45. The van der Waals surface area contributed by atoms with Crippen molar-refractivity contribution >= 4 is 5.82 Å². The first-order valence-electron chi connectivity index (χ1n) is 4.47.